The van der Waals surface area contributed by atoms with Crippen LogP contribution in [0.1, 0.15) is 38.2 Å². The molecule has 1 aliphatic rings. The summed E-state index contributed by atoms with van der Waals surface area (Å²) < 4.78 is 0. The summed E-state index contributed by atoms with van der Waals surface area (Å²) in [5.74, 6) is 0.875. The van der Waals surface area contributed by atoms with Crippen molar-refractivity contribution in [2.75, 3.05) is 11.4 Å². The number of aliphatic hydroxyl groups excluding tert-OH is 1. The molecular formula is C13H19ClN2O. The molecule has 0 bridgehead atoms. The minimum atomic E-state index is -0.00854. The van der Waals surface area contributed by atoms with Crippen LogP contribution in [0.3, 0.4) is 0 Å². The highest BCUT2D eigenvalue weighted by atomic mass is 35.5. The summed E-state index contributed by atoms with van der Waals surface area (Å²) in [6, 6.07) is 2.43. The molecular weight excluding hydrogens is 236 g/mol. The minimum absolute atomic E-state index is 0.00854. The monoisotopic (exact) mass is 254 g/mol. The standard InChI is InChI=1S/C13H19ClN2O/c1-2-3-6-16(11-4-5-11)13-12(14)7-10(9-17)8-15-13/h7-8,11,17H,2-6,9H2,1H3. The van der Waals surface area contributed by atoms with Crippen molar-refractivity contribution < 1.29 is 5.11 Å². The molecule has 0 spiro atoms. The highest BCUT2D eigenvalue weighted by Gasteiger charge is 2.30. The van der Waals surface area contributed by atoms with E-state index in [0.717, 1.165) is 24.3 Å². The van der Waals surface area contributed by atoms with Crippen molar-refractivity contribution in [2.24, 2.45) is 0 Å². The van der Waals surface area contributed by atoms with Crippen LogP contribution in [0.5, 0.6) is 0 Å². The molecule has 0 radical (unpaired) electrons. The lowest BCUT2D eigenvalue weighted by atomic mass is 10.2. The quantitative estimate of drug-likeness (QED) is 0.848. The van der Waals surface area contributed by atoms with Gasteiger partial charge in [0, 0.05) is 18.8 Å². The van der Waals surface area contributed by atoms with Gasteiger partial charge in [-0.05, 0) is 30.9 Å². The minimum Gasteiger partial charge on any atom is -0.392 e. The Kier molecular flexibility index (Phi) is 4.24. The van der Waals surface area contributed by atoms with Gasteiger partial charge in [-0.2, -0.15) is 0 Å². The highest BCUT2D eigenvalue weighted by molar-refractivity contribution is 6.33. The number of halogens is 1. The summed E-state index contributed by atoms with van der Waals surface area (Å²) in [5, 5.41) is 9.69. The molecule has 1 saturated carbocycles. The molecule has 0 saturated heterocycles. The molecule has 0 aromatic carbocycles. The zero-order valence-corrected chi connectivity index (χ0v) is 11.0. The first-order chi connectivity index (χ1) is 8.26. The lowest BCUT2D eigenvalue weighted by Gasteiger charge is -2.24. The maximum Gasteiger partial charge on any atom is 0.147 e. The van der Waals surface area contributed by atoms with E-state index in [4.69, 9.17) is 16.7 Å². The summed E-state index contributed by atoms with van der Waals surface area (Å²) in [4.78, 5) is 6.71. The van der Waals surface area contributed by atoms with Gasteiger partial charge >= 0.3 is 0 Å². The third-order valence-corrected chi connectivity index (χ3v) is 3.35. The molecule has 4 heteroatoms. The Balaban J connectivity index is 2.16. The number of aliphatic hydroxyl groups is 1. The molecule has 17 heavy (non-hydrogen) atoms. The number of rotatable bonds is 6. The number of unbranched alkanes of at least 4 members (excludes halogenated alkanes) is 1. The SMILES string of the molecule is CCCCN(c1ncc(CO)cc1Cl)C1CC1. The second-order valence-electron chi connectivity index (χ2n) is 4.59. The Morgan fingerprint density at radius 1 is 1.53 bits per heavy atom. The molecule has 1 aliphatic carbocycles. The smallest absolute Gasteiger partial charge is 0.147 e. The Morgan fingerprint density at radius 3 is 2.82 bits per heavy atom. The van der Waals surface area contributed by atoms with E-state index in [1.165, 1.54) is 19.3 Å². The van der Waals surface area contributed by atoms with Crippen LogP contribution in [0, 0.1) is 0 Å². The number of nitrogens with zero attached hydrogens (tertiary/aromatic N) is 2. The molecule has 0 unspecified atom stereocenters. The van der Waals surface area contributed by atoms with E-state index in [1.807, 2.05) is 6.07 Å². The van der Waals surface area contributed by atoms with E-state index < -0.39 is 0 Å². The Morgan fingerprint density at radius 2 is 2.29 bits per heavy atom. The van der Waals surface area contributed by atoms with Gasteiger partial charge in [0.1, 0.15) is 5.82 Å². The number of anilines is 1. The van der Waals surface area contributed by atoms with Gasteiger partial charge < -0.3 is 10.0 Å². The molecule has 1 aromatic heterocycles. The van der Waals surface area contributed by atoms with Crippen LogP contribution < -0.4 is 4.90 Å². The predicted molar refractivity (Wildman–Crippen MR) is 70.4 cm³/mol. The second kappa shape index (κ2) is 5.69. The van der Waals surface area contributed by atoms with Gasteiger partial charge in [0.15, 0.2) is 0 Å². The van der Waals surface area contributed by atoms with E-state index in [2.05, 4.69) is 16.8 Å². The third-order valence-electron chi connectivity index (χ3n) is 3.07. The number of pyridine rings is 1. The topological polar surface area (TPSA) is 36.4 Å². The van der Waals surface area contributed by atoms with Crippen molar-refractivity contribution in [3.63, 3.8) is 0 Å². The van der Waals surface area contributed by atoms with Crippen molar-refractivity contribution in [3.05, 3.63) is 22.8 Å². The van der Waals surface area contributed by atoms with Crippen molar-refractivity contribution in [1.82, 2.24) is 4.98 Å². The summed E-state index contributed by atoms with van der Waals surface area (Å²) in [6.45, 7) is 3.20. The summed E-state index contributed by atoms with van der Waals surface area (Å²) in [6.07, 6.45) is 6.53. The lowest BCUT2D eigenvalue weighted by molar-refractivity contribution is 0.281. The molecule has 0 aliphatic heterocycles. The summed E-state index contributed by atoms with van der Waals surface area (Å²) in [5.41, 5.74) is 0.769. The van der Waals surface area contributed by atoms with E-state index in [1.54, 1.807) is 6.20 Å². The fourth-order valence-electron chi connectivity index (χ4n) is 1.94. The highest BCUT2D eigenvalue weighted by Crippen LogP contribution is 2.34. The molecule has 2 rings (SSSR count). The van der Waals surface area contributed by atoms with Crippen LogP contribution in [0.15, 0.2) is 12.3 Å². The zero-order valence-electron chi connectivity index (χ0n) is 10.2. The maximum absolute atomic E-state index is 9.04. The van der Waals surface area contributed by atoms with E-state index >= 15 is 0 Å². The fourth-order valence-corrected chi connectivity index (χ4v) is 2.24. The molecule has 1 N–H and O–H groups in total. The lowest BCUT2D eigenvalue weighted by Crippen LogP contribution is -2.28. The Hall–Kier alpha value is -0.800. The van der Waals surface area contributed by atoms with Crippen LogP contribution >= 0.6 is 11.6 Å². The van der Waals surface area contributed by atoms with Gasteiger partial charge in [-0.15, -0.1) is 0 Å². The Bertz CT molecular complexity index is 380. The van der Waals surface area contributed by atoms with Crippen molar-refractivity contribution in [3.8, 4) is 0 Å². The first-order valence-corrected chi connectivity index (χ1v) is 6.66. The predicted octanol–water partition coefficient (Wildman–Crippen LogP) is 3.00. The molecule has 1 heterocycles. The molecule has 1 aromatic rings. The molecule has 1 fully saturated rings. The second-order valence-corrected chi connectivity index (χ2v) is 4.99. The van der Waals surface area contributed by atoms with Gasteiger partial charge in [0.05, 0.1) is 11.6 Å². The molecule has 0 amide bonds. The number of aromatic nitrogens is 1. The van der Waals surface area contributed by atoms with Crippen LogP contribution in [0.4, 0.5) is 5.82 Å². The van der Waals surface area contributed by atoms with Crippen molar-refractivity contribution in [1.29, 1.82) is 0 Å². The molecule has 0 atom stereocenters. The van der Waals surface area contributed by atoms with E-state index in [-0.39, 0.29) is 6.61 Å². The Labute approximate surface area is 107 Å². The fraction of sp³-hybridized carbons (Fsp3) is 0.615. The average Bonchev–Trinajstić information content (AvgIpc) is 3.15. The first-order valence-electron chi connectivity index (χ1n) is 6.28. The summed E-state index contributed by atoms with van der Waals surface area (Å²) >= 11 is 6.24. The van der Waals surface area contributed by atoms with E-state index in [9.17, 15) is 0 Å². The largest absolute Gasteiger partial charge is 0.392 e. The third kappa shape index (κ3) is 3.11. The van der Waals surface area contributed by atoms with Gasteiger partial charge in [-0.1, -0.05) is 24.9 Å². The van der Waals surface area contributed by atoms with Crippen LogP contribution in [-0.4, -0.2) is 22.7 Å². The average molecular weight is 255 g/mol. The van der Waals surface area contributed by atoms with Gasteiger partial charge in [-0.25, -0.2) is 4.98 Å². The van der Waals surface area contributed by atoms with Crippen LogP contribution in [-0.2, 0) is 6.61 Å². The molecule has 3 nitrogen and oxygen atoms in total. The van der Waals surface area contributed by atoms with E-state index in [0.29, 0.717) is 11.1 Å². The van der Waals surface area contributed by atoms with Crippen LogP contribution in [0.2, 0.25) is 5.02 Å². The zero-order chi connectivity index (χ0) is 12.3. The number of hydrogen-bond acceptors (Lipinski definition) is 3. The summed E-state index contributed by atoms with van der Waals surface area (Å²) in [7, 11) is 0. The van der Waals surface area contributed by atoms with Crippen molar-refractivity contribution in [2.45, 2.75) is 45.3 Å². The van der Waals surface area contributed by atoms with Crippen LogP contribution in [0.25, 0.3) is 0 Å². The van der Waals surface area contributed by atoms with Gasteiger partial charge in [-0.3, -0.25) is 0 Å². The van der Waals surface area contributed by atoms with Gasteiger partial charge in [0.2, 0.25) is 0 Å². The van der Waals surface area contributed by atoms with Crippen molar-refractivity contribution >= 4 is 17.4 Å². The van der Waals surface area contributed by atoms with Gasteiger partial charge in [0.25, 0.3) is 0 Å². The number of hydrogen-bond donors (Lipinski definition) is 1. The maximum atomic E-state index is 9.04. The molecule has 94 valence electrons. The first kappa shape index (κ1) is 12.7. The normalized spacial score (nSPS) is 15.0.